The van der Waals surface area contributed by atoms with Crippen LogP contribution in [0.5, 0.6) is 0 Å². The lowest BCUT2D eigenvalue weighted by molar-refractivity contribution is 0.217. The van der Waals surface area contributed by atoms with Crippen molar-refractivity contribution in [3.63, 3.8) is 0 Å². The first-order valence-corrected chi connectivity index (χ1v) is 9.45. The van der Waals surface area contributed by atoms with E-state index in [4.69, 9.17) is 4.74 Å². The van der Waals surface area contributed by atoms with Gasteiger partial charge in [-0.2, -0.15) is 0 Å². The summed E-state index contributed by atoms with van der Waals surface area (Å²) in [4.78, 5) is 0. The summed E-state index contributed by atoms with van der Waals surface area (Å²) < 4.78 is 30.5. The molecule has 1 rings (SSSR count). The molecule has 0 amide bonds. The van der Waals surface area contributed by atoms with Gasteiger partial charge in [0.05, 0.1) is 12.4 Å². The zero-order valence-corrected chi connectivity index (χ0v) is 15.0. The maximum absolute atomic E-state index is 11.6. The fourth-order valence-corrected chi connectivity index (χ4v) is 3.10. The van der Waals surface area contributed by atoms with Gasteiger partial charge < -0.3 is 4.74 Å². The van der Waals surface area contributed by atoms with Gasteiger partial charge in [-0.25, -0.2) is 13.1 Å². The van der Waals surface area contributed by atoms with Crippen LogP contribution in [0.2, 0.25) is 0 Å². The quantitative estimate of drug-likeness (QED) is 0.710. The Bertz CT molecular complexity index is 530. The Morgan fingerprint density at radius 1 is 1.09 bits per heavy atom. The molecule has 0 atom stereocenters. The predicted molar refractivity (Wildman–Crippen MR) is 91.7 cm³/mol. The fraction of sp³-hybridized carbons (Fsp3) is 0.647. The second kappa shape index (κ2) is 8.65. The summed E-state index contributed by atoms with van der Waals surface area (Å²) in [6.45, 7) is 7.34. The molecule has 0 heterocycles. The molecule has 1 aromatic rings. The summed E-state index contributed by atoms with van der Waals surface area (Å²) in [5, 5.41) is 0. The van der Waals surface area contributed by atoms with Crippen molar-refractivity contribution in [3.8, 4) is 0 Å². The Balaban J connectivity index is 2.28. The summed E-state index contributed by atoms with van der Waals surface area (Å²) in [5.74, 6) is 0.0256. The molecule has 0 spiro atoms. The minimum absolute atomic E-state index is 0.0256. The number of rotatable bonds is 9. The van der Waals surface area contributed by atoms with E-state index in [1.807, 2.05) is 0 Å². The number of benzene rings is 1. The van der Waals surface area contributed by atoms with Crippen molar-refractivity contribution in [2.75, 3.05) is 26.0 Å². The first-order valence-electron chi connectivity index (χ1n) is 7.80. The van der Waals surface area contributed by atoms with E-state index in [0.29, 0.717) is 6.54 Å². The Kier molecular flexibility index (Phi) is 7.53. The lowest BCUT2D eigenvalue weighted by Crippen LogP contribution is -2.29. The molecule has 0 unspecified atom stereocenters. The van der Waals surface area contributed by atoms with Gasteiger partial charge in [0.25, 0.3) is 0 Å². The first-order chi connectivity index (χ1) is 10.2. The van der Waals surface area contributed by atoms with Crippen LogP contribution < -0.4 is 4.72 Å². The average Bonchev–Trinajstić information content (AvgIpc) is 2.44. The van der Waals surface area contributed by atoms with E-state index in [0.717, 1.165) is 19.3 Å². The molecule has 22 heavy (non-hydrogen) atoms. The zero-order chi connectivity index (χ0) is 16.6. The Labute approximate surface area is 135 Å². The van der Waals surface area contributed by atoms with Crippen molar-refractivity contribution < 1.29 is 13.2 Å². The molecule has 0 saturated heterocycles. The normalized spacial score (nSPS) is 12.5. The van der Waals surface area contributed by atoms with Gasteiger partial charge in [0, 0.05) is 13.7 Å². The van der Waals surface area contributed by atoms with Crippen LogP contribution in [0.1, 0.15) is 44.7 Å². The third-order valence-electron chi connectivity index (χ3n) is 3.59. The highest BCUT2D eigenvalue weighted by molar-refractivity contribution is 7.89. The van der Waals surface area contributed by atoms with E-state index >= 15 is 0 Å². The molecule has 0 saturated carbocycles. The lowest BCUT2D eigenvalue weighted by atomic mass is 9.86. The van der Waals surface area contributed by atoms with Gasteiger partial charge in [0.1, 0.15) is 0 Å². The Morgan fingerprint density at radius 2 is 1.73 bits per heavy atom. The average molecular weight is 327 g/mol. The second-order valence-electron chi connectivity index (χ2n) is 6.61. The Morgan fingerprint density at radius 3 is 2.27 bits per heavy atom. The highest BCUT2D eigenvalue weighted by atomic mass is 32.2. The third kappa shape index (κ3) is 7.38. The molecule has 1 aromatic carbocycles. The van der Waals surface area contributed by atoms with Crippen LogP contribution in [0.3, 0.4) is 0 Å². The highest BCUT2D eigenvalue weighted by Crippen LogP contribution is 2.22. The van der Waals surface area contributed by atoms with Gasteiger partial charge in [-0.05, 0) is 35.8 Å². The van der Waals surface area contributed by atoms with E-state index in [1.54, 1.807) is 0 Å². The van der Waals surface area contributed by atoms with Crippen molar-refractivity contribution in [3.05, 3.63) is 35.4 Å². The number of unbranched alkanes of at least 4 members (excludes halogenated alkanes) is 1. The van der Waals surface area contributed by atoms with Crippen molar-refractivity contribution in [1.29, 1.82) is 0 Å². The number of methoxy groups -OCH3 is 1. The van der Waals surface area contributed by atoms with Crippen LogP contribution in [0.4, 0.5) is 0 Å². The molecule has 0 fully saturated rings. The van der Waals surface area contributed by atoms with E-state index in [-0.39, 0.29) is 17.8 Å². The number of hydrogen-bond acceptors (Lipinski definition) is 3. The molecular weight excluding hydrogens is 298 g/mol. The largest absolute Gasteiger partial charge is 0.384 e. The molecule has 126 valence electrons. The molecule has 0 radical (unpaired) electrons. The lowest BCUT2D eigenvalue weighted by Gasteiger charge is -2.19. The summed E-state index contributed by atoms with van der Waals surface area (Å²) in [7, 11) is -1.69. The highest BCUT2D eigenvalue weighted by Gasteiger charge is 2.12. The van der Waals surface area contributed by atoms with Crippen LogP contribution in [-0.4, -0.2) is 34.4 Å². The summed E-state index contributed by atoms with van der Waals surface area (Å²) in [6.07, 6.45) is 2.79. The van der Waals surface area contributed by atoms with Gasteiger partial charge in [-0.3, -0.25) is 0 Å². The fourth-order valence-electron chi connectivity index (χ4n) is 2.12. The molecule has 0 aliphatic heterocycles. The summed E-state index contributed by atoms with van der Waals surface area (Å²) in [5.41, 5.74) is 2.82. The summed E-state index contributed by atoms with van der Waals surface area (Å²) >= 11 is 0. The Hall–Kier alpha value is -0.910. The van der Waals surface area contributed by atoms with Crippen LogP contribution in [-0.2, 0) is 26.6 Å². The standard InChI is InChI=1S/C17H29NO3S/c1-17(2,3)16-10-8-15(9-11-16)7-5-6-12-18-22(19,20)14-13-21-4/h8-11,18H,5-7,12-14H2,1-4H3. The maximum Gasteiger partial charge on any atom is 0.213 e. The van der Waals surface area contributed by atoms with E-state index in [1.165, 1.54) is 18.2 Å². The van der Waals surface area contributed by atoms with Crippen molar-refractivity contribution in [1.82, 2.24) is 4.72 Å². The van der Waals surface area contributed by atoms with Crippen molar-refractivity contribution >= 4 is 10.0 Å². The number of sulfonamides is 1. The van der Waals surface area contributed by atoms with Gasteiger partial charge in [-0.1, -0.05) is 45.0 Å². The molecule has 0 bridgehead atoms. The minimum atomic E-state index is -3.19. The third-order valence-corrected chi connectivity index (χ3v) is 4.94. The minimum Gasteiger partial charge on any atom is -0.384 e. The van der Waals surface area contributed by atoms with Gasteiger partial charge in [0.15, 0.2) is 0 Å². The smallest absolute Gasteiger partial charge is 0.213 e. The molecule has 5 heteroatoms. The molecule has 0 aromatic heterocycles. The number of ether oxygens (including phenoxy) is 1. The molecule has 0 aliphatic carbocycles. The number of aryl methyl sites for hydroxylation is 1. The molecule has 4 nitrogen and oxygen atoms in total. The van der Waals surface area contributed by atoms with E-state index in [9.17, 15) is 8.42 Å². The van der Waals surface area contributed by atoms with Crippen molar-refractivity contribution in [2.45, 2.75) is 45.4 Å². The monoisotopic (exact) mass is 327 g/mol. The maximum atomic E-state index is 11.6. The number of nitrogens with one attached hydrogen (secondary N) is 1. The second-order valence-corrected chi connectivity index (χ2v) is 8.54. The van der Waals surface area contributed by atoms with E-state index in [2.05, 4.69) is 49.8 Å². The molecule has 1 N–H and O–H groups in total. The predicted octanol–water partition coefficient (Wildman–Crippen LogP) is 2.87. The van der Waals surface area contributed by atoms with Gasteiger partial charge in [0.2, 0.25) is 10.0 Å². The van der Waals surface area contributed by atoms with Gasteiger partial charge >= 0.3 is 0 Å². The number of hydrogen-bond donors (Lipinski definition) is 1. The topological polar surface area (TPSA) is 55.4 Å². The van der Waals surface area contributed by atoms with Crippen LogP contribution in [0, 0.1) is 0 Å². The summed E-state index contributed by atoms with van der Waals surface area (Å²) in [6, 6.07) is 8.71. The van der Waals surface area contributed by atoms with Crippen molar-refractivity contribution in [2.24, 2.45) is 0 Å². The SMILES string of the molecule is COCCS(=O)(=O)NCCCCc1ccc(C(C)(C)C)cc1. The van der Waals surface area contributed by atoms with Crippen LogP contribution in [0.25, 0.3) is 0 Å². The molecular formula is C17H29NO3S. The molecule has 0 aliphatic rings. The van der Waals surface area contributed by atoms with E-state index < -0.39 is 10.0 Å². The first kappa shape index (κ1) is 19.1. The van der Waals surface area contributed by atoms with Crippen LogP contribution >= 0.6 is 0 Å². The zero-order valence-electron chi connectivity index (χ0n) is 14.2. The van der Waals surface area contributed by atoms with Gasteiger partial charge in [-0.15, -0.1) is 0 Å². The van der Waals surface area contributed by atoms with Crippen LogP contribution in [0.15, 0.2) is 24.3 Å².